The lowest BCUT2D eigenvalue weighted by molar-refractivity contribution is -0.376. The van der Waals surface area contributed by atoms with Crippen molar-refractivity contribution in [2.75, 3.05) is 13.2 Å². The van der Waals surface area contributed by atoms with Crippen LogP contribution >= 0.6 is 7.80 Å². The molecule has 0 bridgehead atoms. The van der Waals surface area contributed by atoms with Gasteiger partial charge in [-0.05, 0) is 5.18 Å². The molecule has 14 heteroatoms. The van der Waals surface area contributed by atoms with Gasteiger partial charge in [-0.3, -0.25) is 0 Å². The van der Waals surface area contributed by atoms with Crippen LogP contribution in [0.5, 0.6) is 0 Å². The molecule has 2 atom stereocenters. The second kappa shape index (κ2) is 7.97. The molecule has 0 spiro atoms. The highest BCUT2D eigenvalue weighted by atomic mass is 31.1. The molecular weight excluding hydrogens is 405 g/mol. The van der Waals surface area contributed by atoms with Gasteiger partial charge in [-0.1, -0.05) is 4.57 Å². The van der Waals surface area contributed by atoms with Crippen molar-refractivity contribution >= 4 is 7.80 Å². The molecule has 26 heavy (non-hydrogen) atoms. The first-order valence-electron chi connectivity index (χ1n) is 6.88. The topological polar surface area (TPSA) is 65.0 Å². The predicted molar refractivity (Wildman–Crippen MR) is 74.3 cm³/mol. The van der Waals surface area contributed by atoms with Crippen molar-refractivity contribution in [2.45, 2.75) is 62.7 Å². The maximum Gasteiger partial charge on any atom is 0.422 e. The number of halogens is 8. The zero-order chi connectivity index (χ0) is 21.2. The average molecular weight is 422 g/mol. The Balaban J connectivity index is 4.98. The smallest absolute Gasteiger partial charge is 0.328 e. The van der Waals surface area contributed by atoms with E-state index < -0.39 is 56.0 Å². The number of nitroso groups, excluding NO2 is 1. The summed E-state index contributed by atoms with van der Waals surface area (Å²) in [5, 5.41) is 0.747. The van der Waals surface area contributed by atoms with Crippen LogP contribution in [0.4, 0.5) is 35.1 Å². The standard InChI is InChI=1S/C12H17F8NO4P/c1-7(26(23)8(2,3)21-22)24-5-11(17,18)12(19,20)25-6-10(15,16)9(4,13)14/h7H,5-6H2,1-4H3/q+1. The molecular formula is C12H17F8NO4P+. The predicted octanol–water partition coefficient (Wildman–Crippen LogP) is 5.21. The molecule has 0 aromatic carbocycles. The van der Waals surface area contributed by atoms with Crippen LogP contribution in [0, 0.1) is 4.91 Å². The third-order valence-corrected chi connectivity index (χ3v) is 5.07. The molecule has 0 N–H and O–H groups in total. The Kier molecular flexibility index (Phi) is 7.68. The Labute approximate surface area is 144 Å². The normalized spacial score (nSPS) is 16.4. The summed E-state index contributed by atoms with van der Waals surface area (Å²) in [6.07, 6.45) is -5.58. The molecule has 0 aliphatic rings. The molecule has 2 unspecified atom stereocenters. The first-order chi connectivity index (χ1) is 11.3. The van der Waals surface area contributed by atoms with E-state index in [-0.39, 0.29) is 6.92 Å². The quantitative estimate of drug-likeness (QED) is 0.260. The molecule has 0 aliphatic carbocycles. The van der Waals surface area contributed by atoms with Gasteiger partial charge >= 0.3 is 31.7 Å². The lowest BCUT2D eigenvalue weighted by Gasteiger charge is -2.29. The van der Waals surface area contributed by atoms with Gasteiger partial charge in [0.05, 0.1) is 0 Å². The summed E-state index contributed by atoms with van der Waals surface area (Å²) in [6, 6.07) is 0. The van der Waals surface area contributed by atoms with Gasteiger partial charge in [0.1, 0.15) is 13.2 Å². The monoisotopic (exact) mass is 422 g/mol. The van der Waals surface area contributed by atoms with Crippen LogP contribution in [0.15, 0.2) is 5.18 Å². The van der Waals surface area contributed by atoms with Crippen molar-refractivity contribution in [3.8, 4) is 0 Å². The Morgan fingerprint density at radius 2 is 1.38 bits per heavy atom. The molecule has 0 saturated heterocycles. The number of ether oxygens (including phenoxy) is 2. The van der Waals surface area contributed by atoms with E-state index in [2.05, 4.69) is 14.7 Å². The maximum absolute atomic E-state index is 13.5. The summed E-state index contributed by atoms with van der Waals surface area (Å²) in [5.74, 6) is -16.7. The van der Waals surface area contributed by atoms with Crippen molar-refractivity contribution in [3.05, 3.63) is 4.91 Å². The van der Waals surface area contributed by atoms with Gasteiger partial charge in [0, 0.05) is 27.7 Å². The first kappa shape index (κ1) is 25.1. The SMILES string of the molecule is CC(OCC(F)(F)C(F)(F)OCC(F)(F)C(C)(F)F)[P+](=O)C(C)(C)N=O. The number of hydrogen-bond donors (Lipinski definition) is 0. The lowest BCUT2D eigenvalue weighted by atomic mass is 10.2. The lowest BCUT2D eigenvalue weighted by Crippen LogP contribution is -2.51. The molecule has 0 aromatic rings. The summed E-state index contributed by atoms with van der Waals surface area (Å²) in [7, 11) is -2.71. The van der Waals surface area contributed by atoms with Gasteiger partial charge < -0.3 is 9.47 Å². The van der Waals surface area contributed by atoms with Crippen LogP contribution in [0.3, 0.4) is 0 Å². The van der Waals surface area contributed by atoms with Gasteiger partial charge in [0.25, 0.3) is 11.1 Å². The first-order valence-corrected chi connectivity index (χ1v) is 8.21. The second-order valence-corrected chi connectivity index (χ2v) is 8.40. The molecule has 0 aliphatic heterocycles. The molecule has 154 valence electrons. The minimum Gasteiger partial charge on any atom is -0.328 e. The molecule has 5 nitrogen and oxygen atoms in total. The van der Waals surface area contributed by atoms with Gasteiger partial charge in [-0.15, -0.1) is 4.91 Å². The number of hydrogen-bond acceptors (Lipinski definition) is 5. The average Bonchev–Trinajstić information content (AvgIpc) is 2.48. The van der Waals surface area contributed by atoms with Crippen LogP contribution < -0.4 is 0 Å². The largest absolute Gasteiger partial charge is 0.422 e. The minimum absolute atomic E-state index is 0.295. The van der Waals surface area contributed by atoms with E-state index in [0.717, 1.165) is 20.8 Å². The molecule has 0 heterocycles. The third kappa shape index (κ3) is 6.05. The van der Waals surface area contributed by atoms with E-state index in [9.17, 15) is 44.6 Å². The Hall–Kier alpha value is -0.940. The summed E-state index contributed by atoms with van der Waals surface area (Å²) in [6.45, 7) is -2.00. The molecule has 0 radical (unpaired) electrons. The van der Waals surface area contributed by atoms with Gasteiger partial charge in [0.2, 0.25) is 0 Å². The summed E-state index contributed by atoms with van der Waals surface area (Å²) >= 11 is 0. The number of rotatable bonds is 11. The third-order valence-electron chi connectivity index (χ3n) is 3.10. The zero-order valence-corrected chi connectivity index (χ0v) is 14.9. The highest BCUT2D eigenvalue weighted by Crippen LogP contribution is 2.45. The van der Waals surface area contributed by atoms with E-state index in [1.165, 1.54) is 0 Å². The van der Waals surface area contributed by atoms with Crippen LogP contribution in [0.25, 0.3) is 0 Å². The van der Waals surface area contributed by atoms with Gasteiger partial charge in [-0.25, -0.2) is 8.78 Å². The van der Waals surface area contributed by atoms with E-state index in [1.54, 1.807) is 0 Å². The second-order valence-electron chi connectivity index (χ2n) is 5.92. The van der Waals surface area contributed by atoms with Crippen LogP contribution in [0.1, 0.15) is 27.7 Å². The van der Waals surface area contributed by atoms with Crippen LogP contribution in [0.2, 0.25) is 0 Å². The van der Waals surface area contributed by atoms with Crippen molar-refractivity contribution in [2.24, 2.45) is 5.18 Å². The molecule has 0 rings (SSSR count). The fraction of sp³-hybridized carbons (Fsp3) is 1.00. The molecule has 0 saturated carbocycles. The number of nitrogens with zero attached hydrogens (tertiary/aromatic N) is 1. The summed E-state index contributed by atoms with van der Waals surface area (Å²) in [5.41, 5.74) is 0. The zero-order valence-electron chi connectivity index (χ0n) is 14.0. The summed E-state index contributed by atoms with van der Waals surface area (Å²) < 4.78 is 123. The highest BCUT2D eigenvalue weighted by molar-refractivity contribution is 7.47. The summed E-state index contributed by atoms with van der Waals surface area (Å²) in [4.78, 5) is 10.5. The van der Waals surface area contributed by atoms with Crippen molar-refractivity contribution < 1.29 is 49.2 Å². The van der Waals surface area contributed by atoms with Crippen molar-refractivity contribution in [1.82, 2.24) is 0 Å². The number of alkyl halides is 8. The molecule has 0 aromatic heterocycles. The molecule has 0 amide bonds. The molecule has 0 fully saturated rings. The Morgan fingerprint density at radius 1 is 0.923 bits per heavy atom. The highest BCUT2D eigenvalue weighted by Gasteiger charge is 2.62. The maximum atomic E-state index is 13.5. The van der Waals surface area contributed by atoms with Gasteiger partial charge in [0.15, 0.2) is 0 Å². The van der Waals surface area contributed by atoms with Crippen molar-refractivity contribution in [1.29, 1.82) is 0 Å². The van der Waals surface area contributed by atoms with E-state index in [0.29, 0.717) is 0 Å². The van der Waals surface area contributed by atoms with Gasteiger partial charge in [-0.2, -0.15) is 26.3 Å². The van der Waals surface area contributed by atoms with Crippen LogP contribution in [-0.4, -0.2) is 48.2 Å². The fourth-order valence-electron chi connectivity index (χ4n) is 1.28. The van der Waals surface area contributed by atoms with Crippen molar-refractivity contribution in [3.63, 3.8) is 0 Å². The van der Waals surface area contributed by atoms with E-state index in [1.807, 2.05) is 0 Å². The van der Waals surface area contributed by atoms with E-state index >= 15 is 0 Å². The van der Waals surface area contributed by atoms with Crippen LogP contribution in [-0.2, 0) is 14.0 Å². The Bertz CT molecular complexity index is 524. The fourth-order valence-corrected chi connectivity index (χ4v) is 2.46. The Morgan fingerprint density at radius 3 is 1.77 bits per heavy atom. The minimum atomic E-state index is -5.58. The van der Waals surface area contributed by atoms with E-state index in [4.69, 9.17) is 0 Å².